The fraction of sp³-hybridized carbons (Fsp3) is 0.667. The maximum Gasteiger partial charge on any atom is 0.149 e. The molecule has 0 bridgehead atoms. The third-order valence-corrected chi connectivity index (χ3v) is 4.12. The Kier molecular flexibility index (Phi) is 7.11. The number of nitrogens with one attached hydrogen (secondary N) is 1. The van der Waals surface area contributed by atoms with Crippen LogP contribution < -0.4 is 10.2 Å². The van der Waals surface area contributed by atoms with Gasteiger partial charge in [0, 0.05) is 32.1 Å². The minimum atomic E-state index is -2.95. The molecule has 0 radical (unpaired) electrons. The summed E-state index contributed by atoms with van der Waals surface area (Å²) in [6, 6.07) is 4.16. The molecule has 1 N–H and O–H groups in total. The van der Waals surface area contributed by atoms with E-state index < -0.39 is 9.84 Å². The third kappa shape index (κ3) is 6.91. The minimum Gasteiger partial charge on any atom is -0.359 e. The summed E-state index contributed by atoms with van der Waals surface area (Å²) in [7, 11) is -1.06. The predicted octanol–water partition coefficient (Wildman–Crippen LogP) is 1.62. The van der Waals surface area contributed by atoms with E-state index in [1.165, 1.54) is 11.8 Å². The first-order chi connectivity index (χ1) is 9.85. The predicted molar refractivity (Wildman–Crippen MR) is 88.6 cm³/mol. The van der Waals surface area contributed by atoms with Crippen molar-refractivity contribution in [2.24, 2.45) is 0 Å². The average Bonchev–Trinajstić information content (AvgIpc) is 2.42. The van der Waals surface area contributed by atoms with Crippen LogP contribution in [0.25, 0.3) is 0 Å². The Morgan fingerprint density at radius 2 is 2.00 bits per heavy atom. The van der Waals surface area contributed by atoms with Crippen LogP contribution in [0.4, 0.5) is 5.82 Å². The number of aromatic nitrogens is 1. The highest BCUT2D eigenvalue weighted by atomic mass is 32.2. The van der Waals surface area contributed by atoms with Crippen molar-refractivity contribution >= 4 is 15.7 Å². The number of sulfone groups is 1. The van der Waals surface area contributed by atoms with Crippen molar-refractivity contribution < 1.29 is 8.42 Å². The largest absolute Gasteiger partial charge is 0.359 e. The second-order valence-corrected chi connectivity index (χ2v) is 7.67. The highest BCUT2D eigenvalue weighted by molar-refractivity contribution is 7.90. The third-order valence-electron chi connectivity index (χ3n) is 3.20. The molecule has 0 saturated carbocycles. The molecule has 0 spiro atoms. The molecule has 6 heteroatoms. The topological polar surface area (TPSA) is 62.3 Å². The van der Waals surface area contributed by atoms with Crippen LogP contribution in [0.1, 0.15) is 31.5 Å². The van der Waals surface area contributed by atoms with Crippen molar-refractivity contribution in [2.75, 3.05) is 37.0 Å². The highest BCUT2D eigenvalue weighted by Crippen LogP contribution is 2.15. The summed E-state index contributed by atoms with van der Waals surface area (Å²) < 4.78 is 22.6. The fourth-order valence-electron chi connectivity index (χ4n) is 2.00. The second-order valence-electron chi connectivity index (χ2n) is 5.41. The number of hydrogen-bond acceptors (Lipinski definition) is 5. The lowest BCUT2D eigenvalue weighted by Gasteiger charge is -2.19. The Labute approximate surface area is 128 Å². The van der Waals surface area contributed by atoms with Crippen molar-refractivity contribution in [3.63, 3.8) is 0 Å². The molecule has 0 fully saturated rings. The van der Waals surface area contributed by atoms with E-state index >= 15 is 0 Å². The van der Waals surface area contributed by atoms with Gasteiger partial charge in [-0.25, -0.2) is 13.4 Å². The number of nitrogens with zero attached hydrogens (tertiary/aromatic N) is 2. The Hall–Kier alpha value is -1.14. The molecule has 21 heavy (non-hydrogen) atoms. The maximum absolute atomic E-state index is 11.3. The summed E-state index contributed by atoms with van der Waals surface area (Å²) >= 11 is 0. The lowest BCUT2D eigenvalue weighted by molar-refractivity contribution is 0.601. The zero-order valence-electron chi connectivity index (χ0n) is 13.5. The van der Waals surface area contributed by atoms with E-state index in [-0.39, 0.29) is 5.75 Å². The van der Waals surface area contributed by atoms with Crippen molar-refractivity contribution in [3.05, 3.63) is 23.4 Å². The summed E-state index contributed by atoms with van der Waals surface area (Å²) in [5.74, 6) is 0.989. The van der Waals surface area contributed by atoms with Gasteiger partial charge in [0.2, 0.25) is 0 Å². The zero-order chi connectivity index (χ0) is 15.9. The van der Waals surface area contributed by atoms with E-state index in [1.807, 2.05) is 18.0 Å². The SMILES string of the molecule is CCCc1cc(CNCC)cc(N(C)CCS(C)(=O)=O)n1. The Balaban J connectivity index is 2.89. The Bertz CT molecular complexity index is 544. The van der Waals surface area contributed by atoms with Crippen molar-refractivity contribution in [1.29, 1.82) is 0 Å². The van der Waals surface area contributed by atoms with Crippen LogP contribution in [0.2, 0.25) is 0 Å². The van der Waals surface area contributed by atoms with E-state index in [4.69, 9.17) is 0 Å². The van der Waals surface area contributed by atoms with Gasteiger partial charge in [-0.15, -0.1) is 0 Å². The Morgan fingerprint density at radius 1 is 1.29 bits per heavy atom. The minimum absolute atomic E-state index is 0.145. The van der Waals surface area contributed by atoms with Gasteiger partial charge in [0.15, 0.2) is 0 Å². The van der Waals surface area contributed by atoms with Gasteiger partial charge in [0.05, 0.1) is 5.75 Å². The van der Waals surface area contributed by atoms with Crippen LogP contribution in [0.3, 0.4) is 0 Å². The molecule has 5 nitrogen and oxygen atoms in total. The molecule has 0 amide bonds. The van der Waals surface area contributed by atoms with E-state index in [1.54, 1.807) is 0 Å². The number of rotatable bonds is 9. The molecular weight excluding hydrogens is 286 g/mol. The van der Waals surface area contributed by atoms with Gasteiger partial charge in [0.1, 0.15) is 15.7 Å². The van der Waals surface area contributed by atoms with Crippen molar-refractivity contribution in [1.82, 2.24) is 10.3 Å². The van der Waals surface area contributed by atoms with Crippen molar-refractivity contribution in [2.45, 2.75) is 33.2 Å². The Morgan fingerprint density at radius 3 is 2.57 bits per heavy atom. The summed E-state index contributed by atoms with van der Waals surface area (Å²) in [4.78, 5) is 6.55. The molecule has 0 aliphatic heterocycles. The summed E-state index contributed by atoms with van der Waals surface area (Å²) in [6.45, 7) is 6.40. The standard InChI is InChI=1S/C15H27N3O2S/c1-5-7-14-10-13(12-16-6-2)11-15(17-14)18(3)8-9-21(4,19)20/h10-11,16H,5-9,12H2,1-4H3. The molecule has 0 aromatic carbocycles. The molecule has 1 rings (SSSR count). The summed E-state index contributed by atoms with van der Waals surface area (Å²) in [5, 5.41) is 3.31. The van der Waals surface area contributed by atoms with Gasteiger partial charge >= 0.3 is 0 Å². The van der Waals surface area contributed by atoms with Crippen LogP contribution in [0, 0.1) is 0 Å². The lowest BCUT2D eigenvalue weighted by atomic mass is 10.1. The van der Waals surface area contributed by atoms with Gasteiger partial charge in [0.25, 0.3) is 0 Å². The normalized spacial score (nSPS) is 11.6. The van der Waals surface area contributed by atoms with Crippen LogP contribution in [-0.2, 0) is 22.8 Å². The van der Waals surface area contributed by atoms with Crippen molar-refractivity contribution in [3.8, 4) is 0 Å². The molecule has 0 saturated heterocycles. The first-order valence-corrected chi connectivity index (χ1v) is 9.51. The molecule has 0 unspecified atom stereocenters. The van der Waals surface area contributed by atoms with E-state index in [2.05, 4.69) is 30.2 Å². The molecule has 120 valence electrons. The van der Waals surface area contributed by atoms with Gasteiger partial charge in [-0.1, -0.05) is 20.3 Å². The molecule has 1 aromatic rings. The second kappa shape index (κ2) is 8.34. The molecule has 1 heterocycles. The first kappa shape index (κ1) is 17.9. The summed E-state index contributed by atoms with van der Waals surface area (Å²) in [6.07, 6.45) is 3.25. The van der Waals surface area contributed by atoms with Crippen LogP contribution >= 0.6 is 0 Å². The first-order valence-electron chi connectivity index (χ1n) is 7.45. The van der Waals surface area contributed by atoms with Gasteiger partial charge < -0.3 is 10.2 Å². The maximum atomic E-state index is 11.3. The highest BCUT2D eigenvalue weighted by Gasteiger charge is 2.10. The van der Waals surface area contributed by atoms with Gasteiger partial charge in [-0.05, 0) is 30.7 Å². The van der Waals surface area contributed by atoms with Crippen LogP contribution in [0.5, 0.6) is 0 Å². The van der Waals surface area contributed by atoms with E-state index in [9.17, 15) is 8.42 Å². The number of aryl methyl sites for hydroxylation is 1. The fourth-order valence-corrected chi connectivity index (χ4v) is 2.61. The molecule has 0 atom stereocenters. The smallest absolute Gasteiger partial charge is 0.149 e. The number of anilines is 1. The summed E-state index contributed by atoms with van der Waals surface area (Å²) in [5.41, 5.74) is 2.26. The van der Waals surface area contributed by atoms with Gasteiger partial charge in [-0.3, -0.25) is 0 Å². The average molecular weight is 313 g/mol. The molecular formula is C15H27N3O2S. The monoisotopic (exact) mass is 313 g/mol. The molecule has 1 aromatic heterocycles. The van der Waals surface area contributed by atoms with E-state index in [0.29, 0.717) is 6.54 Å². The quantitative estimate of drug-likeness (QED) is 0.751. The number of hydrogen-bond donors (Lipinski definition) is 1. The van der Waals surface area contributed by atoms with Crippen LogP contribution in [-0.4, -0.2) is 45.5 Å². The lowest BCUT2D eigenvalue weighted by Crippen LogP contribution is -2.26. The van der Waals surface area contributed by atoms with E-state index in [0.717, 1.165) is 37.4 Å². The molecule has 0 aliphatic rings. The van der Waals surface area contributed by atoms with Gasteiger partial charge in [-0.2, -0.15) is 0 Å². The van der Waals surface area contributed by atoms with Crippen LogP contribution in [0.15, 0.2) is 12.1 Å². The number of pyridine rings is 1. The molecule has 0 aliphatic carbocycles. The zero-order valence-corrected chi connectivity index (χ0v) is 14.3.